The number of rotatable bonds is 2. The van der Waals surface area contributed by atoms with Crippen molar-refractivity contribution in [2.75, 3.05) is 0 Å². The minimum atomic E-state index is 0.274. The number of phenolic OH excluding ortho intramolecular Hbond substituents is 1. The van der Waals surface area contributed by atoms with E-state index in [1.165, 1.54) is 10.9 Å². The number of para-hydroxylation sites is 1. The van der Waals surface area contributed by atoms with Crippen LogP contribution in [0.4, 0.5) is 0 Å². The van der Waals surface area contributed by atoms with Gasteiger partial charge in [-0.05, 0) is 29.8 Å². The Morgan fingerprint density at radius 2 is 1.65 bits per heavy atom. The predicted molar refractivity (Wildman–Crippen MR) is 92.2 cm³/mol. The highest BCUT2D eigenvalue weighted by Gasteiger charge is 2.19. The van der Waals surface area contributed by atoms with Gasteiger partial charge in [0.2, 0.25) is 0 Å². The molecule has 2 heterocycles. The molecular formula is C19H17N3O. The molecule has 0 aliphatic rings. The third kappa shape index (κ3) is 2.03. The van der Waals surface area contributed by atoms with Crippen LogP contribution < -0.4 is 0 Å². The van der Waals surface area contributed by atoms with Gasteiger partial charge in [0, 0.05) is 36.8 Å². The zero-order chi connectivity index (χ0) is 16.0. The van der Waals surface area contributed by atoms with Crippen LogP contribution in [-0.4, -0.2) is 19.5 Å². The highest BCUT2D eigenvalue weighted by Crippen LogP contribution is 2.40. The summed E-state index contributed by atoms with van der Waals surface area (Å²) in [5.41, 5.74) is 5.60. The molecule has 4 rings (SSSR count). The van der Waals surface area contributed by atoms with Crippen LogP contribution in [0, 0.1) is 0 Å². The lowest BCUT2D eigenvalue weighted by atomic mass is 10.0. The first-order valence-corrected chi connectivity index (χ1v) is 7.52. The van der Waals surface area contributed by atoms with Gasteiger partial charge < -0.3 is 9.67 Å². The molecule has 114 valence electrons. The van der Waals surface area contributed by atoms with Crippen molar-refractivity contribution in [3.63, 3.8) is 0 Å². The summed E-state index contributed by atoms with van der Waals surface area (Å²) in [4.78, 5) is 0. The number of hydrogen-bond acceptors (Lipinski definition) is 2. The van der Waals surface area contributed by atoms with Crippen molar-refractivity contribution >= 4 is 10.9 Å². The molecule has 4 nitrogen and oxygen atoms in total. The Morgan fingerprint density at radius 3 is 2.35 bits per heavy atom. The molecule has 4 aromatic rings. The molecule has 23 heavy (non-hydrogen) atoms. The van der Waals surface area contributed by atoms with Crippen LogP contribution in [-0.2, 0) is 14.1 Å². The van der Waals surface area contributed by atoms with Crippen LogP contribution in [0.25, 0.3) is 33.4 Å². The zero-order valence-corrected chi connectivity index (χ0v) is 13.1. The third-order valence-electron chi connectivity index (χ3n) is 4.33. The summed E-state index contributed by atoms with van der Waals surface area (Å²) in [6, 6.07) is 17.8. The van der Waals surface area contributed by atoms with Crippen LogP contribution in [0.15, 0.2) is 60.8 Å². The fourth-order valence-electron chi connectivity index (χ4n) is 3.22. The molecule has 4 heteroatoms. The molecule has 2 aromatic carbocycles. The molecule has 0 aliphatic carbocycles. The summed E-state index contributed by atoms with van der Waals surface area (Å²) in [7, 11) is 4.03. The van der Waals surface area contributed by atoms with Crippen molar-refractivity contribution < 1.29 is 5.11 Å². The molecule has 1 N–H and O–H groups in total. The van der Waals surface area contributed by atoms with E-state index in [1.807, 2.05) is 36.1 Å². The number of aromatic nitrogens is 3. The Kier molecular flexibility index (Phi) is 2.98. The molecule has 0 unspecified atom stereocenters. The minimum absolute atomic E-state index is 0.274. The first-order chi connectivity index (χ1) is 11.2. The van der Waals surface area contributed by atoms with Crippen LogP contribution in [0.1, 0.15) is 0 Å². The smallest absolute Gasteiger partial charge is 0.115 e. The quantitative estimate of drug-likeness (QED) is 0.609. The molecule has 2 aromatic heterocycles. The molecule has 0 amide bonds. The molecule has 0 aliphatic heterocycles. The Bertz CT molecular complexity index is 993. The normalized spacial score (nSPS) is 11.2. The van der Waals surface area contributed by atoms with E-state index >= 15 is 0 Å². The maximum absolute atomic E-state index is 9.60. The summed E-state index contributed by atoms with van der Waals surface area (Å²) in [6.07, 6.45) is 1.81. The SMILES string of the molecule is Cn1nccc1-c1c(-c2ccc(O)cc2)c2ccccc2n1C. The van der Waals surface area contributed by atoms with Crippen LogP contribution >= 0.6 is 0 Å². The van der Waals surface area contributed by atoms with E-state index in [-0.39, 0.29) is 5.75 Å². The largest absolute Gasteiger partial charge is 0.508 e. The van der Waals surface area contributed by atoms with E-state index in [1.54, 1.807) is 12.1 Å². The highest BCUT2D eigenvalue weighted by molar-refractivity contribution is 6.04. The van der Waals surface area contributed by atoms with Crippen molar-refractivity contribution in [2.45, 2.75) is 0 Å². The summed E-state index contributed by atoms with van der Waals surface area (Å²) < 4.78 is 4.09. The summed E-state index contributed by atoms with van der Waals surface area (Å²) >= 11 is 0. The standard InChI is InChI=1S/C19H17N3O/c1-21-16-6-4-3-5-15(16)18(13-7-9-14(23)10-8-13)19(21)17-11-12-20-22(17)2/h3-12,23H,1-2H3. The van der Waals surface area contributed by atoms with E-state index in [9.17, 15) is 5.11 Å². The molecule has 0 saturated heterocycles. The zero-order valence-electron chi connectivity index (χ0n) is 13.1. The number of phenols is 1. The second kappa shape index (κ2) is 5.02. The van der Waals surface area contributed by atoms with E-state index < -0.39 is 0 Å². The van der Waals surface area contributed by atoms with Gasteiger partial charge in [0.15, 0.2) is 0 Å². The third-order valence-corrected chi connectivity index (χ3v) is 4.33. The van der Waals surface area contributed by atoms with Crippen molar-refractivity contribution in [3.05, 3.63) is 60.8 Å². The van der Waals surface area contributed by atoms with Gasteiger partial charge in [-0.2, -0.15) is 5.10 Å². The number of nitrogens with zero attached hydrogens (tertiary/aromatic N) is 3. The Labute approximate surface area is 134 Å². The van der Waals surface area contributed by atoms with Gasteiger partial charge in [0.05, 0.1) is 11.4 Å². The first kappa shape index (κ1) is 13.6. The lowest BCUT2D eigenvalue weighted by Gasteiger charge is -2.09. The van der Waals surface area contributed by atoms with Gasteiger partial charge >= 0.3 is 0 Å². The van der Waals surface area contributed by atoms with Crippen molar-refractivity contribution in [2.24, 2.45) is 14.1 Å². The van der Waals surface area contributed by atoms with Crippen LogP contribution in [0.3, 0.4) is 0 Å². The van der Waals surface area contributed by atoms with Crippen molar-refractivity contribution in [1.29, 1.82) is 0 Å². The van der Waals surface area contributed by atoms with Gasteiger partial charge in [-0.3, -0.25) is 4.68 Å². The molecule has 0 atom stereocenters. The van der Waals surface area contributed by atoms with Gasteiger partial charge in [-0.1, -0.05) is 30.3 Å². The van der Waals surface area contributed by atoms with Crippen molar-refractivity contribution in [3.8, 4) is 28.3 Å². The minimum Gasteiger partial charge on any atom is -0.508 e. The topological polar surface area (TPSA) is 43.0 Å². The molecule has 0 spiro atoms. The highest BCUT2D eigenvalue weighted by atomic mass is 16.3. The maximum Gasteiger partial charge on any atom is 0.115 e. The second-order valence-electron chi connectivity index (χ2n) is 5.69. The van der Waals surface area contributed by atoms with E-state index in [4.69, 9.17) is 0 Å². The maximum atomic E-state index is 9.60. The summed E-state index contributed by atoms with van der Waals surface area (Å²) in [5.74, 6) is 0.274. The van der Waals surface area contributed by atoms with Gasteiger partial charge in [-0.25, -0.2) is 0 Å². The van der Waals surface area contributed by atoms with Crippen LogP contribution in [0.5, 0.6) is 5.75 Å². The predicted octanol–water partition coefficient (Wildman–Crippen LogP) is 3.95. The molecule has 0 bridgehead atoms. The number of fused-ring (bicyclic) bond motifs is 1. The first-order valence-electron chi connectivity index (χ1n) is 7.52. The number of aryl methyl sites for hydroxylation is 2. The fraction of sp³-hybridized carbons (Fsp3) is 0.105. The van der Waals surface area contributed by atoms with E-state index in [0.717, 1.165) is 22.5 Å². The molecule has 0 fully saturated rings. The molecule has 0 saturated carbocycles. The average molecular weight is 303 g/mol. The summed E-state index contributed by atoms with van der Waals surface area (Å²) in [5, 5.41) is 15.1. The Balaban J connectivity index is 2.12. The second-order valence-corrected chi connectivity index (χ2v) is 5.69. The number of benzene rings is 2. The van der Waals surface area contributed by atoms with E-state index in [0.29, 0.717) is 0 Å². The number of hydrogen-bond donors (Lipinski definition) is 1. The van der Waals surface area contributed by atoms with Crippen LogP contribution in [0.2, 0.25) is 0 Å². The number of aromatic hydroxyl groups is 1. The lowest BCUT2D eigenvalue weighted by Crippen LogP contribution is -1.99. The van der Waals surface area contributed by atoms with Gasteiger partial charge in [0.25, 0.3) is 0 Å². The molecular weight excluding hydrogens is 286 g/mol. The Hall–Kier alpha value is -3.01. The lowest BCUT2D eigenvalue weighted by molar-refractivity contribution is 0.475. The monoisotopic (exact) mass is 303 g/mol. The molecule has 0 radical (unpaired) electrons. The summed E-state index contributed by atoms with van der Waals surface area (Å²) in [6.45, 7) is 0. The average Bonchev–Trinajstić information content (AvgIpc) is 3.10. The van der Waals surface area contributed by atoms with E-state index in [2.05, 4.69) is 41.0 Å². The fourth-order valence-corrected chi connectivity index (χ4v) is 3.22. The van der Waals surface area contributed by atoms with Crippen molar-refractivity contribution in [1.82, 2.24) is 14.3 Å². The van der Waals surface area contributed by atoms with Gasteiger partial charge in [-0.15, -0.1) is 0 Å². The van der Waals surface area contributed by atoms with Gasteiger partial charge in [0.1, 0.15) is 5.75 Å². The Morgan fingerprint density at radius 1 is 0.913 bits per heavy atom.